The highest BCUT2D eigenvalue weighted by Crippen LogP contribution is 2.24. The quantitative estimate of drug-likeness (QED) is 0.883. The maximum atomic E-state index is 12.4. The Morgan fingerprint density at radius 1 is 1.08 bits per heavy atom. The average Bonchev–Trinajstić information content (AvgIpc) is 2.64. The van der Waals surface area contributed by atoms with Crippen molar-refractivity contribution in [1.29, 1.82) is 0 Å². The summed E-state index contributed by atoms with van der Waals surface area (Å²) in [7, 11) is 1.66. The molecule has 0 atom stereocenters. The molecule has 25 heavy (non-hydrogen) atoms. The molecular weight excluding hydrogens is 312 g/mol. The first kappa shape index (κ1) is 17.5. The Bertz CT molecular complexity index is 687. The van der Waals surface area contributed by atoms with Gasteiger partial charge in [0.25, 0.3) is 5.91 Å². The van der Waals surface area contributed by atoms with Crippen LogP contribution >= 0.6 is 0 Å². The van der Waals surface area contributed by atoms with E-state index in [0.717, 1.165) is 30.3 Å². The van der Waals surface area contributed by atoms with Crippen LogP contribution in [0.25, 0.3) is 0 Å². The summed E-state index contributed by atoms with van der Waals surface area (Å²) < 4.78 is 5.09. The normalized spacial score (nSPS) is 15.2. The van der Waals surface area contributed by atoms with E-state index in [9.17, 15) is 4.79 Å². The van der Waals surface area contributed by atoms with E-state index in [0.29, 0.717) is 12.2 Å². The number of hydrogen-bond acceptors (Lipinski definition) is 3. The lowest BCUT2D eigenvalue weighted by Crippen LogP contribution is -2.32. The molecule has 1 N–H and O–H groups in total. The Kier molecular flexibility index (Phi) is 5.71. The highest BCUT2D eigenvalue weighted by molar-refractivity contribution is 6.04. The molecule has 3 rings (SSSR count). The third kappa shape index (κ3) is 4.60. The van der Waals surface area contributed by atoms with Crippen molar-refractivity contribution >= 4 is 17.3 Å². The van der Waals surface area contributed by atoms with E-state index in [-0.39, 0.29) is 5.91 Å². The molecule has 0 aliphatic carbocycles. The number of anilines is 2. The van der Waals surface area contributed by atoms with Gasteiger partial charge in [0, 0.05) is 37.1 Å². The molecular formula is C21H26N2O2. The number of rotatable bonds is 5. The predicted octanol–water partition coefficient (Wildman–Crippen LogP) is 4.32. The maximum Gasteiger partial charge on any atom is 0.255 e. The van der Waals surface area contributed by atoms with E-state index in [2.05, 4.69) is 29.3 Å². The van der Waals surface area contributed by atoms with Gasteiger partial charge in [0.05, 0.1) is 6.61 Å². The van der Waals surface area contributed by atoms with Crippen LogP contribution in [0.2, 0.25) is 0 Å². The summed E-state index contributed by atoms with van der Waals surface area (Å²) >= 11 is 0. The Balaban J connectivity index is 1.60. The minimum atomic E-state index is -0.0940. The molecule has 1 aliphatic rings. The summed E-state index contributed by atoms with van der Waals surface area (Å²) in [5, 5.41) is 2.96. The number of methoxy groups -OCH3 is 1. The van der Waals surface area contributed by atoms with Gasteiger partial charge in [-0.1, -0.05) is 19.1 Å². The molecule has 2 aromatic rings. The van der Waals surface area contributed by atoms with Crippen molar-refractivity contribution in [2.75, 3.05) is 30.4 Å². The number of nitrogens with one attached hydrogen (secondary N) is 1. The smallest absolute Gasteiger partial charge is 0.255 e. The number of amides is 1. The van der Waals surface area contributed by atoms with Crippen molar-refractivity contribution in [3.05, 3.63) is 59.7 Å². The molecule has 0 radical (unpaired) electrons. The van der Waals surface area contributed by atoms with Crippen molar-refractivity contribution < 1.29 is 9.53 Å². The summed E-state index contributed by atoms with van der Waals surface area (Å²) in [5.41, 5.74) is 3.75. The fraction of sp³-hybridized carbons (Fsp3) is 0.381. The molecule has 0 unspecified atom stereocenters. The van der Waals surface area contributed by atoms with Gasteiger partial charge in [-0.2, -0.15) is 0 Å². The SMILES string of the molecule is COCc1ccc(C(=O)Nc2ccc(N3CCC(C)CC3)cc2)cc1. The topological polar surface area (TPSA) is 41.6 Å². The van der Waals surface area contributed by atoms with Crippen molar-refractivity contribution in [1.82, 2.24) is 0 Å². The van der Waals surface area contributed by atoms with Crippen LogP contribution in [0.4, 0.5) is 11.4 Å². The zero-order valence-corrected chi connectivity index (χ0v) is 15.0. The lowest BCUT2D eigenvalue weighted by molar-refractivity contribution is 0.102. The number of piperidine rings is 1. The third-order valence-corrected chi connectivity index (χ3v) is 4.80. The predicted molar refractivity (Wildman–Crippen MR) is 102 cm³/mol. The van der Waals surface area contributed by atoms with E-state index in [1.165, 1.54) is 18.5 Å². The molecule has 1 amide bonds. The zero-order valence-electron chi connectivity index (χ0n) is 15.0. The monoisotopic (exact) mass is 338 g/mol. The van der Waals surface area contributed by atoms with Gasteiger partial charge in [-0.3, -0.25) is 4.79 Å². The zero-order chi connectivity index (χ0) is 17.6. The van der Waals surface area contributed by atoms with Crippen molar-refractivity contribution in [2.24, 2.45) is 5.92 Å². The molecule has 1 aliphatic heterocycles. The van der Waals surface area contributed by atoms with Gasteiger partial charge in [0.15, 0.2) is 0 Å². The van der Waals surface area contributed by atoms with Gasteiger partial charge in [0.1, 0.15) is 0 Å². The van der Waals surface area contributed by atoms with E-state index in [1.807, 2.05) is 36.4 Å². The van der Waals surface area contributed by atoms with E-state index < -0.39 is 0 Å². The standard InChI is InChI=1S/C21H26N2O2/c1-16-11-13-23(14-12-16)20-9-7-19(8-10-20)22-21(24)18-5-3-17(4-6-18)15-25-2/h3-10,16H,11-15H2,1-2H3,(H,22,24). The minimum Gasteiger partial charge on any atom is -0.380 e. The van der Waals surface area contributed by atoms with Crippen molar-refractivity contribution in [3.63, 3.8) is 0 Å². The fourth-order valence-electron chi connectivity index (χ4n) is 3.14. The Hall–Kier alpha value is -2.33. The molecule has 0 bridgehead atoms. The Morgan fingerprint density at radius 2 is 1.72 bits per heavy atom. The highest BCUT2D eigenvalue weighted by atomic mass is 16.5. The van der Waals surface area contributed by atoms with Crippen molar-refractivity contribution in [3.8, 4) is 0 Å². The number of carbonyl (C=O) groups is 1. The van der Waals surface area contributed by atoms with Crippen LogP contribution in [0, 0.1) is 5.92 Å². The van der Waals surface area contributed by atoms with Gasteiger partial charge < -0.3 is 15.0 Å². The second-order valence-corrected chi connectivity index (χ2v) is 6.80. The van der Waals surface area contributed by atoms with Crippen LogP contribution in [0.1, 0.15) is 35.7 Å². The largest absolute Gasteiger partial charge is 0.380 e. The van der Waals surface area contributed by atoms with Crippen LogP contribution in [0.5, 0.6) is 0 Å². The summed E-state index contributed by atoms with van der Waals surface area (Å²) in [6.45, 7) is 5.10. The molecule has 2 aromatic carbocycles. The number of nitrogens with zero attached hydrogens (tertiary/aromatic N) is 1. The molecule has 0 saturated carbocycles. The maximum absolute atomic E-state index is 12.4. The lowest BCUT2D eigenvalue weighted by atomic mass is 9.99. The van der Waals surface area contributed by atoms with Crippen LogP contribution in [0.15, 0.2) is 48.5 Å². The molecule has 132 valence electrons. The second kappa shape index (κ2) is 8.17. The lowest BCUT2D eigenvalue weighted by Gasteiger charge is -2.32. The first-order valence-corrected chi connectivity index (χ1v) is 8.90. The van der Waals surface area contributed by atoms with Gasteiger partial charge >= 0.3 is 0 Å². The summed E-state index contributed by atoms with van der Waals surface area (Å²) in [6, 6.07) is 15.6. The number of benzene rings is 2. The summed E-state index contributed by atoms with van der Waals surface area (Å²) in [4.78, 5) is 14.8. The van der Waals surface area contributed by atoms with Gasteiger partial charge in [-0.05, 0) is 60.7 Å². The van der Waals surface area contributed by atoms with Crippen molar-refractivity contribution in [2.45, 2.75) is 26.4 Å². The van der Waals surface area contributed by atoms with Crippen LogP contribution in [0.3, 0.4) is 0 Å². The highest BCUT2D eigenvalue weighted by Gasteiger charge is 2.16. The average molecular weight is 338 g/mol. The molecule has 0 aromatic heterocycles. The Labute approximate surface area is 149 Å². The molecule has 0 spiro atoms. The molecule has 1 fully saturated rings. The van der Waals surface area contributed by atoms with Gasteiger partial charge in [-0.25, -0.2) is 0 Å². The third-order valence-electron chi connectivity index (χ3n) is 4.80. The molecule has 4 nitrogen and oxygen atoms in total. The van der Waals surface area contributed by atoms with Gasteiger partial charge in [-0.15, -0.1) is 0 Å². The number of ether oxygens (including phenoxy) is 1. The van der Waals surface area contributed by atoms with Crippen LogP contribution in [-0.2, 0) is 11.3 Å². The summed E-state index contributed by atoms with van der Waals surface area (Å²) in [6.07, 6.45) is 2.50. The fourth-order valence-corrected chi connectivity index (χ4v) is 3.14. The number of carbonyl (C=O) groups excluding carboxylic acids is 1. The molecule has 1 heterocycles. The summed E-state index contributed by atoms with van der Waals surface area (Å²) in [5.74, 6) is 0.730. The second-order valence-electron chi connectivity index (χ2n) is 6.80. The first-order valence-electron chi connectivity index (χ1n) is 8.90. The molecule has 1 saturated heterocycles. The van der Waals surface area contributed by atoms with Gasteiger partial charge in [0.2, 0.25) is 0 Å². The van der Waals surface area contributed by atoms with E-state index in [1.54, 1.807) is 7.11 Å². The Morgan fingerprint density at radius 3 is 2.32 bits per heavy atom. The minimum absolute atomic E-state index is 0.0940. The molecule has 4 heteroatoms. The van der Waals surface area contributed by atoms with E-state index in [4.69, 9.17) is 4.74 Å². The number of hydrogen-bond donors (Lipinski definition) is 1. The van der Waals surface area contributed by atoms with Crippen LogP contribution < -0.4 is 10.2 Å². The van der Waals surface area contributed by atoms with Crippen LogP contribution in [-0.4, -0.2) is 26.1 Å². The van der Waals surface area contributed by atoms with E-state index >= 15 is 0 Å². The first-order chi connectivity index (χ1) is 12.2.